The highest BCUT2D eigenvalue weighted by molar-refractivity contribution is 6.12. The van der Waals surface area contributed by atoms with Crippen LogP contribution in [0.15, 0.2) is 302 Å². The van der Waals surface area contributed by atoms with Crippen LogP contribution in [-0.4, -0.2) is 9.13 Å². The zero-order valence-corrected chi connectivity index (χ0v) is 42.7. The van der Waals surface area contributed by atoms with E-state index in [4.69, 9.17) is 0 Å². The predicted octanol–water partition coefficient (Wildman–Crippen LogP) is 19.3. The van der Waals surface area contributed by atoms with Crippen molar-refractivity contribution in [2.45, 2.75) is 6.42 Å². The minimum absolute atomic E-state index is 0.251. The zero-order valence-electron chi connectivity index (χ0n) is 42.7. The van der Waals surface area contributed by atoms with E-state index in [1.165, 1.54) is 82.2 Å². The minimum Gasteiger partial charge on any atom is -0.310 e. The van der Waals surface area contributed by atoms with Crippen molar-refractivity contribution in [1.82, 2.24) is 9.13 Å². The molecule has 4 aliphatic carbocycles. The normalized spacial score (nSPS) is 15.2. The van der Waals surface area contributed by atoms with Crippen LogP contribution in [0.25, 0.3) is 83.0 Å². The van der Waals surface area contributed by atoms with Crippen LogP contribution < -0.4 is 9.80 Å². The molecule has 0 N–H and O–H groups in total. The van der Waals surface area contributed by atoms with E-state index in [9.17, 15) is 0 Å². The minimum atomic E-state index is 0.251. The summed E-state index contributed by atoms with van der Waals surface area (Å²) < 4.78 is 4.78. The number of anilines is 5. The van der Waals surface area contributed by atoms with Crippen molar-refractivity contribution in [2.24, 2.45) is 5.92 Å². The number of para-hydroxylation sites is 4. The van der Waals surface area contributed by atoms with Crippen molar-refractivity contribution in [3.8, 4) is 22.5 Å². The number of aromatic nitrogens is 2. The molecule has 1 atom stereocenters. The molecule has 1 unspecified atom stereocenters. The van der Waals surface area contributed by atoms with Gasteiger partial charge >= 0.3 is 0 Å². The first-order valence-corrected chi connectivity index (χ1v) is 27.1. The fourth-order valence-electron chi connectivity index (χ4n) is 13.0. The SMILES string of the molecule is C1=CC2=CC=CC3=CC(N(c4ccc(-c5ccc(N(c6cc7c8c(cccc8c6)CC=C7)c6ccc7c(c6)c6ccccc6n7-c6ccccc6)cc5)cc4)c4ccc5c(c4)c4ccccc4n5-c4ccccc4)=CC(=C1)C23. The van der Waals surface area contributed by atoms with E-state index in [0.29, 0.717) is 0 Å². The predicted molar refractivity (Wildman–Crippen MR) is 328 cm³/mol. The molecular weight excluding hydrogens is 945 g/mol. The second-order valence-corrected chi connectivity index (χ2v) is 20.9. The molecule has 0 amide bonds. The van der Waals surface area contributed by atoms with Crippen LogP contribution in [0.3, 0.4) is 0 Å². The third-order valence-corrected chi connectivity index (χ3v) is 16.5. The average Bonchev–Trinajstić information content (AvgIpc) is 4.20. The number of hydrogen-bond donors (Lipinski definition) is 0. The first-order chi connectivity index (χ1) is 38.7. The molecule has 0 saturated carbocycles. The largest absolute Gasteiger partial charge is 0.310 e. The lowest BCUT2D eigenvalue weighted by Crippen LogP contribution is -2.22. The zero-order chi connectivity index (χ0) is 51.3. The fourth-order valence-corrected chi connectivity index (χ4v) is 13.0. The summed E-state index contributed by atoms with van der Waals surface area (Å²) in [5.41, 5.74) is 22.6. The fraction of sp³-hybridized carbons (Fsp3) is 0.0270. The van der Waals surface area contributed by atoms with Crippen LogP contribution in [0, 0.1) is 5.92 Å². The van der Waals surface area contributed by atoms with Crippen LogP contribution in [0.5, 0.6) is 0 Å². The van der Waals surface area contributed by atoms with Crippen LogP contribution in [0.2, 0.25) is 0 Å². The highest BCUT2D eigenvalue weighted by Gasteiger charge is 2.30. The highest BCUT2D eigenvalue weighted by atomic mass is 15.2. The third-order valence-electron chi connectivity index (χ3n) is 16.5. The number of allylic oxidation sites excluding steroid dienone is 12. The van der Waals surface area contributed by atoms with Crippen molar-refractivity contribution >= 4 is 88.9 Å². The van der Waals surface area contributed by atoms with E-state index in [0.717, 1.165) is 63.1 Å². The van der Waals surface area contributed by atoms with E-state index >= 15 is 0 Å². The van der Waals surface area contributed by atoms with Gasteiger partial charge in [0.15, 0.2) is 0 Å². The Morgan fingerprint density at radius 3 is 1.55 bits per heavy atom. The first kappa shape index (κ1) is 44.2. The van der Waals surface area contributed by atoms with Gasteiger partial charge in [-0.05, 0) is 178 Å². The van der Waals surface area contributed by atoms with Crippen LogP contribution in [0.4, 0.5) is 28.4 Å². The number of fused-ring (bicyclic) bond motifs is 6. The average molecular weight is 995 g/mol. The van der Waals surface area contributed by atoms with Gasteiger partial charge in [-0.15, -0.1) is 0 Å². The molecule has 12 aromatic rings. The van der Waals surface area contributed by atoms with Gasteiger partial charge in [0.25, 0.3) is 0 Å². The molecular formula is C74H50N4. The summed E-state index contributed by atoms with van der Waals surface area (Å²) in [5, 5.41) is 7.50. The number of rotatable bonds is 9. The van der Waals surface area contributed by atoms with Gasteiger partial charge in [-0.25, -0.2) is 0 Å². The van der Waals surface area contributed by atoms with Crippen molar-refractivity contribution in [3.63, 3.8) is 0 Å². The Hall–Kier alpha value is -10.2. The molecule has 0 radical (unpaired) electrons. The Kier molecular flexibility index (Phi) is 10.0. The highest BCUT2D eigenvalue weighted by Crippen LogP contribution is 2.46. The molecule has 4 aliphatic rings. The van der Waals surface area contributed by atoms with Crippen molar-refractivity contribution in [3.05, 3.63) is 313 Å². The van der Waals surface area contributed by atoms with Gasteiger partial charge < -0.3 is 18.9 Å². The van der Waals surface area contributed by atoms with E-state index in [-0.39, 0.29) is 5.92 Å². The smallest absolute Gasteiger partial charge is 0.0542 e. The molecule has 10 aromatic carbocycles. The molecule has 0 saturated heterocycles. The van der Waals surface area contributed by atoms with Gasteiger partial charge in [-0.3, -0.25) is 0 Å². The molecule has 78 heavy (non-hydrogen) atoms. The van der Waals surface area contributed by atoms with Gasteiger partial charge in [0.1, 0.15) is 0 Å². The van der Waals surface area contributed by atoms with Crippen LogP contribution in [0.1, 0.15) is 11.1 Å². The van der Waals surface area contributed by atoms with E-state index in [1.54, 1.807) is 0 Å². The molecule has 366 valence electrons. The lowest BCUT2D eigenvalue weighted by Gasteiger charge is -2.34. The molecule has 16 rings (SSSR count). The summed E-state index contributed by atoms with van der Waals surface area (Å²) in [6, 6.07) is 82.7. The molecule has 4 heteroatoms. The van der Waals surface area contributed by atoms with Gasteiger partial charge in [0.05, 0.1) is 22.1 Å². The second-order valence-electron chi connectivity index (χ2n) is 20.9. The Balaban J connectivity index is 0.806. The molecule has 0 fully saturated rings. The first-order valence-electron chi connectivity index (χ1n) is 27.1. The summed E-state index contributed by atoms with van der Waals surface area (Å²) in [6.07, 6.45) is 23.8. The summed E-state index contributed by atoms with van der Waals surface area (Å²) in [6.45, 7) is 0. The lowest BCUT2D eigenvalue weighted by molar-refractivity contribution is 0.866. The Morgan fingerprint density at radius 1 is 0.372 bits per heavy atom. The van der Waals surface area contributed by atoms with Gasteiger partial charge in [0.2, 0.25) is 0 Å². The second kappa shape index (κ2) is 17.7. The Morgan fingerprint density at radius 2 is 0.910 bits per heavy atom. The quantitative estimate of drug-likeness (QED) is 0.143. The lowest BCUT2D eigenvalue weighted by atomic mass is 9.75. The maximum Gasteiger partial charge on any atom is 0.0542 e. The summed E-state index contributed by atoms with van der Waals surface area (Å²) in [4.78, 5) is 4.88. The van der Waals surface area contributed by atoms with Crippen molar-refractivity contribution < 1.29 is 0 Å². The topological polar surface area (TPSA) is 16.3 Å². The summed E-state index contributed by atoms with van der Waals surface area (Å²) in [5.74, 6) is 0.251. The van der Waals surface area contributed by atoms with E-state index < -0.39 is 0 Å². The molecule has 0 aliphatic heterocycles. The molecule has 0 bridgehead atoms. The van der Waals surface area contributed by atoms with Crippen molar-refractivity contribution in [2.75, 3.05) is 9.80 Å². The maximum absolute atomic E-state index is 2.44. The van der Waals surface area contributed by atoms with Gasteiger partial charge in [-0.1, -0.05) is 164 Å². The monoisotopic (exact) mass is 994 g/mol. The summed E-state index contributed by atoms with van der Waals surface area (Å²) >= 11 is 0. The standard InChI is InChI=1S/C74H50N4/c1-3-23-57(24-4-1)77-69-29-9-7-27-65(69)67-47-61(39-41-71(67)77)75(63-43-53-19-11-15-51-16-12-20-54(44-63)73(51)53)59-35-31-49(32-36-59)50-33-37-60(38-34-50)76(64-45-55-21-13-17-52-18-14-22-56(46-64)74(52)55)62-40-42-72-68(48-62)66-28-8-10-30-70(66)78(72)58-25-5-2-6-26-58/h1-17,19-48,73H,18H2. The van der Waals surface area contributed by atoms with Crippen molar-refractivity contribution in [1.29, 1.82) is 0 Å². The van der Waals surface area contributed by atoms with E-state index in [2.05, 4.69) is 304 Å². The van der Waals surface area contributed by atoms with Crippen LogP contribution in [-0.2, 0) is 6.42 Å². The molecule has 2 aromatic heterocycles. The maximum atomic E-state index is 2.44. The molecule has 4 nitrogen and oxygen atoms in total. The molecule has 2 heterocycles. The Bertz CT molecular complexity index is 4670. The number of benzene rings is 10. The van der Waals surface area contributed by atoms with E-state index in [1.807, 2.05) is 0 Å². The number of nitrogens with zero attached hydrogens (tertiary/aromatic N) is 4. The summed E-state index contributed by atoms with van der Waals surface area (Å²) in [7, 11) is 0. The molecule has 0 spiro atoms. The van der Waals surface area contributed by atoms with Gasteiger partial charge in [-0.2, -0.15) is 0 Å². The Labute approximate surface area is 453 Å². The third kappa shape index (κ3) is 7.07. The number of hydrogen-bond acceptors (Lipinski definition) is 2. The van der Waals surface area contributed by atoms with Gasteiger partial charge in [0, 0.05) is 73.0 Å². The van der Waals surface area contributed by atoms with Crippen LogP contribution >= 0.6 is 0 Å².